The van der Waals surface area contributed by atoms with Gasteiger partial charge in [0.1, 0.15) is 11.4 Å². The predicted molar refractivity (Wildman–Crippen MR) is 203 cm³/mol. The molecule has 1 saturated heterocycles. The summed E-state index contributed by atoms with van der Waals surface area (Å²) in [5.74, 6) is 0.529. The number of sulfonamides is 1. The molecular weight excluding hydrogens is 684 g/mol. The topological polar surface area (TPSA) is 91.4 Å². The highest BCUT2D eigenvalue weighted by Gasteiger charge is 2.50. The predicted octanol–water partition coefficient (Wildman–Crippen LogP) is 5.91. The molecule has 6 atom stereocenters. The third-order valence-corrected chi connectivity index (χ3v) is 15.1. The zero-order chi connectivity index (χ0) is 36.0. The van der Waals surface area contributed by atoms with Gasteiger partial charge in [0.25, 0.3) is 5.91 Å². The van der Waals surface area contributed by atoms with Crippen molar-refractivity contribution >= 4 is 33.2 Å². The fourth-order valence-electron chi connectivity index (χ4n) is 9.42. The number of carbonyl (C=O) groups excluding carboxylic acids is 1. The summed E-state index contributed by atoms with van der Waals surface area (Å²) in [5.41, 5.74) is 2.95. The molecule has 278 valence electrons. The van der Waals surface area contributed by atoms with Crippen molar-refractivity contribution in [3.8, 4) is 5.75 Å². The lowest BCUT2D eigenvalue weighted by Gasteiger charge is -2.52. The molecule has 2 aromatic carbocycles. The number of nitrogens with zero attached hydrogens (tertiary/aromatic N) is 3. The third kappa shape index (κ3) is 7.20. The number of nitrogens with one attached hydrogen (secondary N) is 1. The van der Waals surface area contributed by atoms with Crippen molar-refractivity contribution in [2.75, 3.05) is 71.0 Å². The normalized spacial score (nSPS) is 33.6. The van der Waals surface area contributed by atoms with E-state index >= 15 is 0 Å². The van der Waals surface area contributed by atoms with Crippen LogP contribution < -0.4 is 14.4 Å². The Bertz CT molecular complexity index is 1750. The first-order valence-corrected chi connectivity index (χ1v) is 20.9. The molecule has 0 unspecified atom stereocenters. The molecule has 2 aliphatic carbocycles. The highest BCUT2D eigenvalue weighted by molar-refractivity contribution is 7.90. The van der Waals surface area contributed by atoms with Crippen molar-refractivity contribution in [3.63, 3.8) is 0 Å². The number of anilines is 1. The Kier molecular flexibility index (Phi) is 10.5. The number of benzene rings is 2. The first-order chi connectivity index (χ1) is 24.5. The Balaban J connectivity index is 1.30. The van der Waals surface area contributed by atoms with Gasteiger partial charge in [-0.05, 0) is 111 Å². The first-order valence-electron chi connectivity index (χ1n) is 19.0. The number of methoxy groups -OCH3 is 1. The van der Waals surface area contributed by atoms with Crippen LogP contribution in [0.2, 0.25) is 5.02 Å². The number of aryl methyl sites for hydroxylation is 1. The van der Waals surface area contributed by atoms with Gasteiger partial charge in [-0.25, -0.2) is 13.1 Å². The minimum atomic E-state index is -3.94. The van der Waals surface area contributed by atoms with Gasteiger partial charge >= 0.3 is 0 Å². The zero-order valence-corrected chi connectivity index (χ0v) is 32.3. The van der Waals surface area contributed by atoms with E-state index in [1.165, 1.54) is 11.1 Å². The van der Waals surface area contributed by atoms with Crippen LogP contribution in [0.5, 0.6) is 5.75 Å². The summed E-state index contributed by atoms with van der Waals surface area (Å²) in [7, 11) is -2.09. The summed E-state index contributed by atoms with van der Waals surface area (Å²) in [6, 6.07) is 11.7. The highest BCUT2D eigenvalue weighted by Crippen LogP contribution is 2.49. The highest BCUT2D eigenvalue weighted by atomic mass is 35.5. The number of allylic oxidation sites excluding steroid dienone is 1. The summed E-state index contributed by atoms with van der Waals surface area (Å²) in [6.45, 7) is 13.9. The van der Waals surface area contributed by atoms with E-state index in [1.807, 2.05) is 32.2 Å². The molecule has 7 rings (SSSR count). The molecule has 5 aliphatic rings. The Labute approximate surface area is 309 Å². The van der Waals surface area contributed by atoms with Gasteiger partial charge in [0.2, 0.25) is 10.0 Å². The Morgan fingerprint density at radius 2 is 1.84 bits per heavy atom. The number of amides is 1. The molecule has 1 spiro atoms. The summed E-state index contributed by atoms with van der Waals surface area (Å²) in [6.07, 6.45) is 10.1. The summed E-state index contributed by atoms with van der Waals surface area (Å²) >= 11 is 6.49. The van der Waals surface area contributed by atoms with Crippen LogP contribution in [-0.4, -0.2) is 101 Å². The van der Waals surface area contributed by atoms with Gasteiger partial charge in [-0.1, -0.05) is 43.7 Å². The van der Waals surface area contributed by atoms with E-state index in [2.05, 4.69) is 50.6 Å². The zero-order valence-electron chi connectivity index (χ0n) is 30.7. The summed E-state index contributed by atoms with van der Waals surface area (Å²) in [5, 5.41) is -0.0183. The Morgan fingerprint density at radius 1 is 1.06 bits per heavy atom. The molecular formula is C40H55ClN4O5S. The summed E-state index contributed by atoms with van der Waals surface area (Å²) in [4.78, 5) is 21.1. The van der Waals surface area contributed by atoms with Gasteiger partial charge in [-0.15, -0.1) is 0 Å². The van der Waals surface area contributed by atoms with Crippen LogP contribution in [0.4, 0.5) is 5.69 Å². The average Bonchev–Trinajstić information content (AvgIpc) is 3.25. The maximum atomic E-state index is 13.6. The smallest absolute Gasteiger partial charge is 0.264 e. The van der Waals surface area contributed by atoms with Gasteiger partial charge in [0.15, 0.2) is 0 Å². The monoisotopic (exact) mass is 738 g/mol. The fraction of sp³-hybridized carbons (Fsp3) is 0.625. The number of hydrogen-bond acceptors (Lipinski definition) is 8. The molecule has 11 heteroatoms. The lowest BCUT2D eigenvalue weighted by Crippen LogP contribution is -2.59. The quantitative estimate of drug-likeness (QED) is 0.388. The van der Waals surface area contributed by atoms with Crippen LogP contribution in [0, 0.1) is 17.8 Å². The molecule has 3 aliphatic heterocycles. The minimum Gasteiger partial charge on any atom is -0.490 e. The molecule has 2 aromatic rings. The second-order valence-electron chi connectivity index (χ2n) is 15.9. The van der Waals surface area contributed by atoms with Crippen molar-refractivity contribution in [1.82, 2.24) is 14.5 Å². The number of fused-ring (bicyclic) bond motifs is 4. The number of piperazine rings is 1. The lowest BCUT2D eigenvalue weighted by atomic mass is 9.63. The van der Waals surface area contributed by atoms with Crippen molar-refractivity contribution in [2.45, 2.75) is 75.6 Å². The molecule has 1 N–H and O–H groups in total. The van der Waals surface area contributed by atoms with E-state index in [0.29, 0.717) is 24.5 Å². The molecule has 1 saturated carbocycles. The second-order valence-corrected chi connectivity index (χ2v) is 18.4. The molecule has 2 bridgehead atoms. The number of carbonyl (C=O) groups is 1. The van der Waals surface area contributed by atoms with Crippen molar-refractivity contribution < 1.29 is 22.7 Å². The van der Waals surface area contributed by atoms with Crippen LogP contribution in [0.15, 0.2) is 48.6 Å². The maximum absolute atomic E-state index is 13.6. The van der Waals surface area contributed by atoms with Crippen molar-refractivity contribution in [1.29, 1.82) is 0 Å². The van der Waals surface area contributed by atoms with Gasteiger partial charge < -0.3 is 19.3 Å². The van der Waals surface area contributed by atoms with E-state index in [0.717, 1.165) is 101 Å². The number of hydrogen-bond donors (Lipinski definition) is 1. The van der Waals surface area contributed by atoms with Crippen molar-refractivity contribution in [2.24, 2.45) is 17.8 Å². The van der Waals surface area contributed by atoms with Crippen molar-refractivity contribution in [3.05, 3.63) is 70.3 Å². The SMILES string of the molecule is CCN1CCN(C[C@@]2(OC)/C=C\C[C@H](C)[C@@H](C)S(=O)(=O)NC(=O)c3ccc4c(c3)N(C[C@@H]3CC[C@H]32)C[C@@]2(CCCc3cc(Cl)ccc32)CO4)CC1. The third-order valence-electron chi connectivity index (χ3n) is 13.0. The van der Waals surface area contributed by atoms with Crippen LogP contribution >= 0.6 is 11.6 Å². The number of rotatable bonds is 4. The van der Waals surface area contributed by atoms with E-state index < -0.39 is 26.8 Å². The Hall–Kier alpha value is -2.63. The average molecular weight is 739 g/mol. The standard InChI is InChI=1S/C40H55ClN4O5S/c1-5-43-18-20-44(21-19-43)26-40(49-4)17-6-8-28(2)29(3)51(47,48)42-38(46)31-11-15-37-36(23-31)45(24-32-10-13-35(32)40)25-39(27-50-37)16-7-9-30-22-33(41)12-14-34(30)39/h6,11-12,14-15,17,22-23,28-29,32,35H,5,7-10,13,16,18-21,24-27H2,1-4H3,(H,42,46)/b17-6-/t28-,29+,32-,35+,39-,40-/m0/s1. The van der Waals surface area contributed by atoms with Crippen LogP contribution in [0.3, 0.4) is 0 Å². The minimum absolute atomic E-state index is 0.209. The fourth-order valence-corrected chi connectivity index (χ4v) is 10.9. The number of halogens is 1. The first kappa shape index (κ1) is 36.7. The van der Waals surface area contributed by atoms with E-state index in [4.69, 9.17) is 21.1 Å². The number of ether oxygens (including phenoxy) is 2. The van der Waals surface area contributed by atoms with E-state index in [1.54, 1.807) is 13.0 Å². The molecule has 9 nitrogen and oxygen atoms in total. The van der Waals surface area contributed by atoms with Gasteiger partial charge in [0, 0.05) is 68.9 Å². The van der Waals surface area contributed by atoms with Crippen LogP contribution in [0.1, 0.15) is 74.4 Å². The Morgan fingerprint density at radius 3 is 2.57 bits per heavy atom. The van der Waals surface area contributed by atoms with Crippen LogP contribution in [-0.2, 0) is 26.6 Å². The second kappa shape index (κ2) is 14.7. The lowest BCUT2D eigenvalue weighted by molar-refractivity contribution is -0.0953. The number of likely N-dealkylation sites (N-methyl/N-ethyl adjacent to an activating group) is 1. The van der Waals surface area contributed by atoms with Gasteiger partial charge in [-0.3, -0.25) is 9.69 Å². The maximum Gasteiger partial charge on any atom is 0.264 e. The molecule has 1 amide bonds. The molecule has 3 heterocycles. The molecule has 51 heavy (non-hydrogen) atoms. The molecule has 0 radical (unpaired) electrons. The molecule has 2 fully saturated rings. The van der Waals surface area contributed by atoms with Crippen LogP contribution in [0.25, 0.3) is 0 Å². The largest absolute Gasteiger partial charge is 0.490 e. The van der Waals surface area contributed by atoms with E-state index in [9.17, 15) is 13.2 Å². The van der Waals surface area contributed by atoms with Gasteiger partial charge in [-0.2, -0.15) is 0 Å². The van der Waals surface area contributed by atoms with E-state index in [-0.39, 0.29) is 17.3 Å². The summed E-state index contributed by atoms with van der Waals surface area (Å²) < 4.78 is 42.9. The van der Waals surface area contributed by atoms with Gasteiger partial charge in [0.05, 0.1) is 17.5 Å². The molecule has 0 aromatic heterocycles.